The molecule has 0 unspecified atom stereocenters. The van der Waals surface area contributed by atoms with Gasteiger partial charge in [0.1, 0.15) is 22.7 Å². The maximum absolute atomic E-state index is 13.5. The number of hydrogen-bond donors (Lipinski definition) is 0. The molecule has 2 aromatic rings. The van der Waals surface area contributed by atoms with E-state index in [-0.39, 0.29) is 11.1 Å². The monoisotopic (exact) mass is 262 g/mol. The Bertz CT molecular complexity index is 653. The summed E-state index contributed by atoms with van der Waals surface area (Å²) in [5.41, 5.74) is 1.23. The van der Waals surface area contributed by atoms with Gasteiger partial charge in [-0.05, 0) is 25.1 Å². The number of benzene rings is 1. The van der Waals surface area contributed by atoms with Crippen LogP contribution in [0.1, 0.15) is 16.3 Å². The van der Waals surface area contributed by atoms with Gasteiger partial charge in [-0.1, -0.05) is 0 Å². The molecule has 0 fully saturated rings. The Hall–Kier alpha value is -2.06. The summed E-state index contributed by atoms with van der Waals surface area (Å²) in [6.45, 7) is 1.81. The smallest absolute Gasteiger partial charge is 0.134 e. The highest BCUT2D eigenvalue weighted by Crippen LogP contribution is 2.22. The summed E-state index contributed by atoms with van der Waals surface area (Å²) in [5.74, 6) is -1.34. The van der Waals surface area contributed by atoms with Crippen molar-refractivity contribution in [2.45, 2.75) is 6.92 Å². The summed E-state index contributed by atoms with van der Waals surface area (Å²) >= 11 is 1.31. The molecule has 0 saturated heterocycles. The van der Waals surface area contributed by atoms with E-state index >= 15 is 0 Å². The Morgan fingerprint density at radius 2 is 2.22 bits per heavy atom. The van der Waals surface area contributed by atoms with Crippen molar-refractivity contribution in [2.75, 3.05) is 0 Å². The number of hydrogen-bond acceptors (Lipinski definition) is 3. The maximum Gasteiger partial charge on any atom is 0.134 e. The number of aryl methyl sites for hydroxylation is 1. The van der Waals surface area contributed by atoms with Crippen LogP contribution in [0.4, 0.5) is 8.78 Å². The van der Waals surface area contributed by atoms with Crippen LogP contribution in [0.15, 0.2) is 23.6 Å². The first-order valence-corrected chi connectivity index (χ1v) is 5.97. The third-order valence-electron chi connectivity index (χ3n) is 2.23. The van der Waals surface area contributed by atoms with Crippen molar-refractivity contribution in [3.63, 3.8) is 0 Å². The highest BCUT2D eigenvalue weighted by atomic mass is 32.1. The summed E-state index contributed by atoms with van der Waals surface area (Å²) in [4.78, 5) is 4.16. The molecular weight excluding hydrogens is 254 g/mol. The standard InChI is InChI=1S/C13H8F2N2S/c1-8-7-18-13(17-8)10(6-16)4-9-2-3-11(14)5-12(9)15/h2-5,7H,1H3/b10-4+. The molecule has 0 aliphatic carbocycles. The molecule has 0 aliphatic heterocycles. The molecular formula is C13H8F2N2S. The summed E-state index contributed by atoms with van der Waals surface area (Å²) < 4.78 is 26.2. The lowest BCUT2D eigenvalue weighted by molar-refractivity contribution is 0.581. The Balaban J connectivity index is 2.45. The Morgan fingerprint density at radius 3 is 2.78 bits per heavy atom. The summed E-state index contributed by atoms with van der Waals surface area (Å²) in [7, 11) is 0. The van der Waals surface area contributed by atoms with Crippen LogP contribution in [0.3, 0.4) is 0 Å². The second kappa shape index (κ2) is 5.07. The normalized spacial score (nSPS) is 11.3. The van der Waals surface area contributed by atoms with Gasteiger partial charge in [-0.15, -0.1) is 11.3 Å². The first-order chi connectivity index (χ1) is 8.60. The van der Waals surface area contributed by atoms with Crippen molar-refractivity contribution in [3.8, 4) is 6.07 Å². The van der Waals surface area contributed by atoms with Crippen LogP contribution in [0, 0.1) is 29.9 Å². The van der Waals surface area contributed by atoms with Crippen molar-refractivity contribution < 1.29 is 8.78 Å². The number of nitrogens with zero attached hydrogens (tertiary/aromatic N) is 2. The van der Waals surface area contributed by atoms with Crippen LogP contribution in [0.25, 0.3) is 11.6 Å². The van der Waals surface area contributed by atoms with Gasteiger partial charge >= 0.3 is 0 Å². The van der Waals surface area contributed by atoms with E-state index in [0.29, 0.717) is 5.01 Å². The zero-order chi connectivity index (χ0) is 13.1. The van der Waals surface area contributed by atoms with Crippen LogP contribution < -0.4 is 0 Å². The van der Waals surface area contributed by atoms with E-state index in [1.807, 2.05) is 18.4 Å². The van der Waals surface area contributed by atoms with Crippen molar-refractivity contribution in [2.24, 2.45) is 0 Å². The van der Waals surface area contributed by atoms with Gasteiger partial charge in [0.05, 0.1) is 5.57 Å². The molecule has 1 aromatic heterocycles. The van der Waals surface area contributed by atoms with Crippen molar-refractivity contribution in [1.82, 2.24) is 4.98 Å². The molecule has 2 nitrogen and oxygen atoms in total. The topological polar surface area (TPSA) is 36.7 Å². The fourth-order valence-electron chi connectivity index (χ4n) is 1.39. The number of aromatic nitrogens is 1. The average molecular weight is 262 g/mol. The van der Waals surface area contributed by atoms with Crippen molar-refractivity contribution in [3.05, 3.63) is 51.5 Å². The molecule has 0 aliphatic rings. The van der Waals surface area contributed by atoms with E-state index in [2.05, 4.69) is 4.98 Å². The van der Waals surface area contributed by atoms with E-state index in [0.717, 1.165) is 17.8 Å². The molecule has 90 valence electrons. The van der Waals surface area contributed by atoms with Gasteiger partial charge in [0, 0.05) is 22.7 Å². The van der Waals surface area contributed by atoms with E-state index in [1.54, 1.807) is 0 Å². The minimum absolute atomic E-state index is 0.167. The van der Waals surface area contributed by atoms with Gasteiger partial charge in [-0.2, -0.15) is 5.26 Å². The molecule has 0 saturated carbocycles. The molecule has 0 spiro atoms. The molecule has 1 heterocycles. The highest BCUT2D eigenvalue weighted by Gasteiger charge is 2.08. The van der Waals surface area contributed by atoms with Gasteiger partial charge in [-0.25, -0.2) is 13.8 Å². The van der Waals surface area contributed by atoms with Crippen LogP contribution in [0.2, 0.25) is 0 Å². The molecule has 0 atom stereocenters. The van der Waals surface area contributed by atoms with Gasteiger partial charge in [0.25, 0.3) is 0 Å². The quantitative estimate of drug-likeness (QED) is 0.772. The molecule has 18 heavy (non-hydrogen) atoms. The highest BCUT2D eigenvalue weighted by molar-refractivity contribution is 7.11. The molecule has 5 heteroatoms. The number of rotatable bonds is 2. The van der Waals surface area contributed by atoms with Crippen LogP contribution in [-0.2, 0) is 0 Å². The second-order valence-corrected chi connectivity index (χ2v) is 4.49. The van der Waals surface area contributed by atoms with Crippen LogP contribution in [-0.4, -0.2) is 4.98 Å². The number of halogens is 2. The Morgan fingerprint density at radius 1 is 1.44 bits per heavy atom. The molecule has 0 N–H and O–H groups in total. The lowest BCUT2D eigenvalue weighted by Crippen LogP contribution is -1.87. The fourth-order valence-corrected chi connectivity index (χ4v) is 2.16. The summed E-state index contributed by atoms with van der Waals surface area (Å²) in [6.07, 6.45) is 1.37. The number of allylic oxidation sites excluding steroid dienone is 1. The largest absolute Gasteiger partial charge is 0.241 e. The van der Waals surface area contributed by atoms with Gasteiger partial charge in [-0.3, -0.25) is 0 Å². The molecule has 1 aromatic carbocycles. The Kier molecular flexibility index (Phi) is 3.49. The average Bonchev–Trinajstić information content (AvgIpc) is 2.75. The SMILES string of the molecule is Cc1csc(/C(C#N)=C/c2ccc(F)cc2F)n1. The lowest BCUT2D eigenvalue weighted by Gasteiger charge is -1.98. The fraction of sp³-hybridized carbons (Fsp3) is 0.0769. The minimum Gasteiger partial charge on any atom is -0.241 e. The molecule has 0 amide bonds. The second-order valence-electron chi connectivity index (χ2n) is 3.63. The van der Waals surface area contributed by atoms with E-state index < -0.39 is 11.6 Å². The Labute approximate surface area is 107 Å². The van der Waals surface area contributed by atoms with E-state index in [9.17, 15) is 8.78 Å². The predicted octanol–water partition coefficient (Wildman–Crippen LogP) is 3.79. The summed E-state index contributed by atoms with van der Waals surface area (Å²) in [5, 5.41) is 11.4. The van der Waals surface area contributed by atoms with Gasteiger partial charge in [0.2, 0.25) is 0 Å². The van der Waals surface area contributed by atoms with Crippen LogP contribution >= 0.6 is 11.3 Å². The summed E-state index contributed by atoms with van der Waals surface area (Å²) in [6, 6.07) is 5.20. The minimum atomic E-state index is -0.698. The van der Waals surface area contributed by atoms with Crippen LogP contribution in [0.5, 0.6) is 0 Å². The third kappa shape index (κ3) is 2.60. The number of nitriles is 1. The van der Waals surface area contributed by atoms with Gasteiger partial charge < -0.3 is 0 Å². The molecule has 0 bridgehead atoms. The maximum atomic E-state index is 13.5. The van der Waals surface area contributed by atoms with Crippen molar-refractivity contribution in [1.29, 1.82) is 5.26 Å². The molecule has 2 rings (SSSR count). The molecule has 0 radical (unpaired) electrons. The number of thiazole rings is 1. The lowest BCUT2D eigenvalue weighted by atomic mass is 10.1. The van der Waals surface area contributed by atoms with Crippen molar-refractivity contribution >= 4 is 23.0 Å². The third-order valence-corrected chi connectivity index (χ3v) is 3.23. The zero-order valence-electron chi connectivity index (χ0n) is 9.45. The van der Waals surface area contributed by atoms with E-state index in [4.69, 9.17) is 5.26 Å². The first-order valence-electron chi connectivity index (χ1n) is 5.09. The predicted molar refractivity (Wildman–Crippen MR) is 66.7 cm³/mol. The zero-order valence-corrected chi connectivity index (χ0v) is 10.3. The first kappa shape index (κ1) is 12.4. The van der Waals surface area contributed by atoms with E-state index in [1.165, 1.54) is 23.5 Å². The van der Waals surface area contributed by atoms with Gasteiger partial charge in [0.15, 0.2) is 0 Å².